The van der Waals surface area contributed by atoms with Crippen molar-refractivity contribution in [1.82, 2.24) is 9.21 Å². The molecule has 0 spiro atoms. The van der Waals surface area contributed by atoms with E-state index in [0.717, 1.165) is 23.7 Å². The van der Waals surface area contributed by atoms with Crippen molar-refractivity contribution in [2.75, 3.05) is 32.9 Å². The van der Waals surface area contributed by atoms with Gasteiger partial charge in [-0.05, 0) is 38.7 Å². The van der Waals surface area contributed by atoms with E-state index in [1.54, 1.807) is 10.4 Å². The highest BCUT2D eigenvalue weighted by molar-refractivity contribution is 7.91. The Hall–Kier alpha value is -0.490. The molecule has 0 aromatic heterocycles. The Morgan fingerprint density at radius 2 is 2.06 bits per heavy atom. The van der Waals surface area contributed by atoms with Crippen LogP contribution in [0.5, 0.6) is 0 Å². The number of anilines is 1. The highest BCUT2D eigenvalue weighted by Gasteiger charge is 2.28. The Morgan fingerprint density at radius 3 is 2.44 bits per heavy atom. The number of halogens is 2. The molecule has 3 nitrogen and oxygen atoms in total. The molecule has 0 bridgehead atoms. The van der Waals surface area contributed by atoms with Crippen LogP contribution >= 0.6 is 23.9 Å². The maximum atomic E-state index is 11.7. The zero-order valence-corrected chi connectivity index (χ0v) is 12.4. The van der Waals surface area contributed by atoms with Crippen molar-refractivity contribution < 1.29 is 3.89 Å². The van der Waals surface area contributed by atoms with E-state index >= 15 is 0 Å². The van der Waals surface area contributed by atoms with Gasteiger partial charge >= 0.3 is 0 Å². The van der Waals surface area contributed by atoms with E-state index in [1.165, 1.54) is 0 Å². The summed E-state index contributed by atoms with van der Waals surface area (Å²) in [5, 5.41) is 0.731. The van der Waals surface area contributed by atoms with Gasteiger partial charge < -0.3 is 10.6 Å². The fraction of sp³-hybridized carbons (Fsp3) is 0.500. The second-order valence-corrected chi connectivity index (χ2v) is 5.60. The Kier molecular flexibility index (Phi) is 6.21. The topological polar surface area (TPSA) is 32.5 Å². The van der Waals surface area contributed by atoms with Crippen LogP contribution in [0.1, 0.15) is 5.56 Å². The summed E-state index contributed by atoms with van der Waals surface area (Å²) in [7, 11) is 4.04. The molecule has 2 N–H and O–H groups in total. The Morgan fingerprint density at radius 1 is 1.44 bits per heavy atom. The van der Waals surface area contributed by atoms with Crippen LogP contribution < -0.4 is 5.73 Å². The fourth-order valence-corrected chi connectivity index (χ4v) is 2.05. The Labute approximate surface area is 118 Å². The number of benzene rings is 1. The van der Waals surface area contributed by atoms with Crippen molar-refractivity contribution in [1.29, 1.82) is 0 Å². The number of aryl methyl sites for hydroxylation is 1. The molecule has 1 aromatic carbocycles. The third kappa shape index (κ3) is 4.65. The lowest BCUT2D eigenvalue weighted by Gasteiger charge is -2.39. The molecule has 0 aliphatic carbocycles. The number of nitrogens with zero attached hydrogens (tertiary/aromatic N) is 2. The summed E-state index contributed by atoms with van der Waals surface area (Å²) in [6.07, 6.45) is 0. The van der Waals surface area contributed by atoms with Crippen LogP contribution in [0.25, 0.3) is 0 Å². The summed E-state index contributed by atoms with van der Waals surface area (Å²) < 4.78 is 13.4. The number of hydrogen-bond acceptors (Lipinski definition) is 4. The van der Waals surface area contributed by atoms with Gasteiger partial charge in [-0.2, -0.15) is 0 Å². The lowest BCUT2D eigenvalue weighted by atomic mass is 10.2. The highest BCUT2D eigenvalue weighted by atomic mass is 35.5. The molecule has 102 valence electrons. The lowest BCUT2D eigenvalue weighted by Crippen LogP contribution is -2.53. The molecule has 0 radical (unpaired) electrons. The van der Waals surface area contributed by atoms with E-state index in [-0.39, 0.29) is 0 Å². The molecule has 1 saturated heterocycles. The van der Waals surface area contributed by atoms with E-state index in [4.69, 9.17) is 17.3 Å². The number of rotatable bonds is 2. The van der Waals surface area contributed by atoms with Gasteiger partial charge in [0.05, 0.1) is 0 Å². The molecule has 1 aliphatic heterocycles. The summed E-state index contributed by atoms with van der Waals surface area (Å²) in [6, 6.07) is 6.05. The van der Waals surface area contributed by atoms with Gasteiger partial charge in [0, 0.05) is 29.8 Å². The number of likely N-dealkylation sites (N-methyl/N-ethyl adjacent to an activating group) is 1. The second-order valence-electron chi connectivity index (χ2n) is 4.54. The molecule has 0 amide bonds. The van der Waals surface area contributed by atoms with Gasteiger partial charge in [-0.25, -0.2) is 4.31 Å². The summed E-state index contributed by atoms with van der Waals surface area (Å²) in [4.78, 5) is 2.12. The standard InChI is InChI=1S/C7H8ClN.C5H11FN2S/c1-5-2-3-6(9)4-7(5)8;1-7(2)5-3-8(4-5)9-6/h2-4H,9H2,1H3;5H,3-4H2,1-2H3. The number of nitrogen functional groups attached to an aromatic ring is 1. The quantitative estimate of drug-likeness (QED) is 0.671. The molecule has 18 heavy (non-hydrogen) atoms. The zero-order chi connectivity index (χ0) is 13.7. The minimum Gasteiger partial charge on any atom is -0.399 e. The van der Waals surface area contributed by atoms with Gasteiger partial charge in [-0.15, -0.1) is 3.89 Å². The maximum Gasteiger partial charge on any atom is 0.134 e. The molecule has 0 unspecified atom stereocenters. The van der Waals surface area contributed by atoms with Crippen LogP contribution in [-0.2, 0) is 0 Å². The van der Waals surface area contributed by atoms with E-state index < -0.39 is 0 Å². The first-order valence-electron chi connectivity index (χ1n) is 5.65. The number of hydrogen-bond donors (Lipinski definition) is 1. The summed E-state index contributed by atoms with van der Waals surface area (Å²) in [5.41, 5.74) is 7.22. The van der Waals surface area contributed by atoms with Gasteiger partial charge in [0.2, 0.25) is 0 Å². The molecule has 1 aliphatic rings. The minimum absolute atomic E-state index is 0.339. The highest BCUT2D eigenvalue weighted by Crippen LogP contribution is 2.21. The predicted octanol–water partition coefficient (Wildman–Crippen LogP) is 3.00. The van der Waals surface area contributed by atoms with Gasteiger partial charge in [0.15, 0.2) is 0 Å². The van der Waals surface area contributed by atoms with Crippen molar-refractivity contribution in [2.24, 2.45) is 0 Å². The predicted molar refractivity (Wildman–Crippen MR) is 78.3 cm³/mol. The normalized spacial score (nSPS) is 16.1. The van der Waals surface area contributed by atoms with Crippen molar-refractivity contribution in [2.45, 2.75) is 13.0 Å². The van der Waals surface area contributed by atoms with E-state index in [1.807, 2.05) is 33.2 Å². The monoisotopic (exact) mass is 291 g/mol. The van der Waals surface area contributed by atoms with Crippen LogP contribution in [0.2, 0.25) is 5.02 Å². The van der Waals surface area contributed by atoms with E-state index in [2.05, 4.69) is 4.90 Å². The first-order chi connectivity index (χ1) is 8.43. The maximum absolute atomic E-state index is 11.7. The molecule has 0 saturated carbocycles. The molecule has 2 rings (SSSR count). The van der Waals surface area contributed by atoms with Crippen LogP contribution in [0.3, 0.4) is 0 Å². The van der Waals surface area contributed by atoms with Crippen molar-refractivity contribution >= 4 is 29.6 Å². The average molecular weight is 292 g/mol. The smallest absolute Gasteiger partial charge is 0.134 e. The summed E-state index contributed by atoms with van der Waals surface area (Å²) in [5.74, 6) is 0. The van der Waals surface area contributed by atoms with E-state index in [0.29, 0.717) is 24.1 Å². The molecule has 1 heterocycles. The Balaban J connectivity index is 0.000000180. The molecular formula is C12H19ClFN3S. The minimum atomic E-state index is 0.339. The van der Waals surface area contributed by atoms with Crippen LogP contribution in [-0.4, -0.2) is 42.4 Å². The molecule has 6 heteroatoms. The van der Waals surface area contributed by atoms with Gasteiger partial charge in [-0.1, -0.05) is 17.7 Å². The molecule has 1 aromatic rings. The zero-order valence-electron chi connectivity index (χ0n) is 10.9. The molecule has 0 atom stereocenters. The van der Waals surface area contributed by atoms with Crippen LogP contribution in [0.15, 0.2) is 18.2 Å². The average Bonchev–Trinajstić information content (AvgIpc) is 2.23. The van der Waals surface area contributed by atoms with Gasteiger partial charge in [0.1, 0.15) is 12.3 Å². The molecular weight excluding hydrogens is 273 g/mol. The van der Waals surface area contributed by atoms with Crippen LogP contribution in [0, 0.1) is 6.92 Å². The van der Waals surface area contributed by atoms with Crippen molar-refractivity contribution in [3.63, 3.8) is 0 Å². The van der Waals surface area contributed by atoms with Crippen molar-refractivity contribution in [3.8, 4) is 0 Å². The van der Waals surface area contributed by atoms with Crippen LogP contribution in [0.4, 0.5) is 9.57 Å². The van der Waals surface area contributed by atoms with Crippen molar-refractivity contribution in [3.05, 3.63) is 28.8 Å². The SMILES string of the molecule is CN(C)C1CN(SF)C1.Cc1ccc(N)cc1Cl. The Bertz CT molecular complexity index is 384. The first kappa shape index (κ1) is 15.6. The van der Waals surface area contributed by atoms with E-state index in [9.17, 15) is 3.89 Å². The molecule has 1 fully saturated rings. The second kappa shape index (κ2) is 7.19. The first-order valence-corrected chi connectivity index (χ1v) is 6.71. The largest absolute Gasteiger partial charge is 0.399 e. The third-order valence-corrected chi connectivity index (χ3v) is 3.75. The third-order valence-electron chi connectivity index (χ3n) is 2.85. The fourth-order valence-electron chi connectivity index (χ4n) is 1.41. The summed E-state index contributed by atoms with van der Waals surface area (Å²) in [6.45, 7) is 3.66. The summed E-state index contributed by atoms with van der Waals surface area (Å²) >= 11 is 6.07. The lowest BCUT2D eigenvalue weighted by molar-refractivity contribution is 0.141. The van der Waals surface area contributed by atoms with Gasteiger partial charge in [0.25, 0.3) is 0 Å². The van der Waals surface area contributed by atoms with Gasteiger partial charge in [-0.3, -0.25) is 0 Å². The number of nitrogens with two attached hydrogens (primary N) is 1.